The van der Waals surface area contributed by atoms with Crippen LogP contribution in [0.4, 0.5) is 0 Å². The number of hydrogen-bond donors (Lipinski definition) is 0. The third kappa shape index (κ3) is 2.17. The summed E-state index contributed by atoms with van der Waals surface area (Å²) in [5.74, 6) is -0.297. The number of carbonyl (C=O) groups is 2. The van der Waals surface area contributed by atoms with Crippen LogP contribution in [0.2, 0.25) is 0 Å². The van der Waals surface area contributed by atoms with E-state index in [4.69, 9.17) is 23.2 Å². The molecule has 0 aromatic rings. The molecule has 0 unspecified atom stereocenters. The van der Waals surface area contributed by atoms with Crippen molar-refractivity contribution in [3.8, 4) is 0 Å². The molecule has 11 heavy (non-hydrogen) atoms. The third-order valence-corrected chi connectivity index (χ3v) is 2.69. The second kappa shape index (κ2) is 3.55. The van der Waals surface area contributed by atoms with E-state index < -0.39 is 0 Å². The minimum atomic E-state index is -0.342. The van der Waals surface area contributed by atoms with Crippen molar-refractivity contribution >= 4 is 33.7 Å². The van der Waals surface area contributed by atoms with Crippen molar-refractivity contribution < 1.29 is 9.59 Å². The Hall–Kier alpha value is -0.0800. The van der Waals surface area contributed by atoms with Crippen molar-refractivity contribution in [3.63, 3.8) is 0 Å². The van der Waals surface area contributed by atoms with Crippen LogP contribution in [0.15, 0.2) is 0 Å². The summed E-state index contributed by atoms with van der Waals surface area (Å²) in [6.07, 6.45) is 1.93. The molecule has 0 aromatic heterocycles. The van der Waals surface area contributed by atoms with Crippen LogP contribution in [-0.2, 0) is 9.59 Å². The van der Waals surface area contributed by atoms with E-state index in [0.717, 1.165) is 0 Å². The van der Waals surface area contributed by atoms with Gasteiger partial charge in [-0.1, -0.05) is 0 Å². The quantitative estimate of drug-likeness (QED) is 0.631. The van der Waals surface area contributed by atoms with Gasteiger partial charge in [0, 0.05) is 11.8 Å². The van der Waals surface area contributed by atoms with E-state index in [1.165, 1.54) is 0 Å². The van der Waals surface area contributed by atoms with Gasteiger partial charge in [0.05, 0.1) is 0 Å². The van der Waals surface area contributed by atoms with Crippen molar-refractivity contribution in [3.05, 3.63) is 0 Å². The predicted octanol–water partition coefficient (Wildman–Crippen LogP) is 1.93. The first kappa shape index (κ1) is 9.01. The Labute approximate surface area is 74.9 Å². The monoisotopic (exact) mass is 194 g/mol. The molecule has 0 bridgehead atoms. The molecule has 0 aromatic carbocycles. The van der Waals surface area contributed by atoms with E-state index in [2.05, 4.69) is 0 Å². The summed E-state index contributed by atoms with van der Waals surface area (Å²) in [5, 5.41) is -0.684. The van der Waals surface area contributed by atoms with Crippen LogP contribution in [0.1, 0.15) is 19.3 Å². The molecule has 62 valence electrons. The van der Waals surface area contributed by atoms with Crippen LogP contribution < -0.4 is 0 Å². The van der Waals surface area contributed by atoms with Gasteiger partial charge in [0.15, 0.2) is 0 Å². The first-order valence-electron chi connectivity index (χ1n) is 3.50. The van der Waals surface area contributed by atoms with Gasteiger partial charge in [0.25, 0.3) is 0 Å². The highest BCUT2D eigenvalue weighted by atomic mass is 35.5. The zero-order valence-electron chi connectivity index (χ0n) is 5.85. The first-order valence-corrected chi connectivity index (χ1v) is 4.25. The lowest BCUT2D eigenvalue weighted by atomic mass is 10.1. The van der Waals surface area contributed by atoms with Gasteiger partial charge in [0.2, 0.25) is 10.5 Å². The Kier molecular flexibility index (Phi) is 2.90. The largest absolute Gasteiger partial charge is 0.281 e. The van der Waals surface area contributed by atoms with E-state index in [1.807, 2.05) is 0 Å². The van der Waals surface area contributed by atoms with Crippen molar-refractivity contribution in [2.45, 2.75) is 19.3 Å². The van der Waals surface area contributed by atoms with Crippen LogP contribution in [0.25, 0.3) is 0 Å². The predicted molar refractivity (Wildman–Crippen MR) is 42.6 cm³/mol. The Bertz CT molecular complexity index is 171. The highest BCUT2D eigenvalue weighted by Gasteiger charge is 2.32. The minimum absolute atomic E-state index is 0.149. The highest BCUT2D eigenvalue weighted by molar-refractivity contribution is 6.65. The summed E-state index contributed by atoms with van der Waals surface area (Å²) >= 11 is 10.5. The van der Waals surface area contributed by atoms with E-state index in [9.17, 15) is 9.59 Å². The van der Waals surface area contributed by atoms with Crippen molar-refractivity contribution in [1.29, 1.82) is 0 Å². The maximum atomic E-state index is 10.6. The fraction of sp³-hybridized carbons (Fsp3) is 0.714. The Balaban J connectivity index is 2.47. The molecule has 1 aliphatic carbocycles. The van der Waals surface area contributed by atoms with Gasteiger partial charge in [-0.15, -0.1) is 0 Å². The van der Waals surface area contributed by atoms with Crippen molar-refractivity contribution in [2.75, 3.05) is 0 Å². The standard InChI is InChI=1S/C7H8Cl2O2/c8-6(10)4-1-2-5(3-4)7(9)11/h4-5H,1-3H2/t4-,5-/m1/s1. The zero-order chi connectivity index (χ0) is 8.43. The lowest BCUT2D eigenvalue weighted by molar-refractivity contribution is -0.116. The molecular weight excluding hydrogens is 187 g/mol. The van der Waals surface area contributed by atoms with Crippen LogP contribution in [0.5, 0.6) is 0 Å². The fourth-order valence-corrected chi connectivity index (χ4v) is 1.79. The van der Waals surface area contributed by atoms with E-state index >= 15 is 0 Å². The molecule has 1 rings (SSSR count). The molecule has 4 heteroatoms. The van der Waals surface area contributed by atoms with E-state index in [-0.39, 0.29) is 22.3 Å². The number of carbonyl (C=O) groups excluding carboxylic acids is 2. The van der Waals surface area contributed by atoms with Crippen molar-refractivity contribution in [1.82, 2.24) is 0 Å². The molecule has 0 radical (unpaired) electrons. The maximum absolute atomic E-state index is 10.6. The molecular formula is C7H8Cl2O2. The van der Waals surface area contributed by atoms with Gasteiger partial charge in [-0.3, -0.25) is 9.59 Å². The normalized spacial score (nSPS) is 30.4. The lowest BCUT2D eigenvalue weighted by Gasteiger charge is -2.01. The first-order chi connectivity index (χ1) is 5.11. The molecule has 0 N–H and O–H groups in total. The van der Waals surface area contributed by atoms with Gasteiger partial charge in [-0.25, -0.2) is 0 Å². The van der Waals surface area contributed by atoms with Gasteiger partial charge in [-0.05, 0) is 42.5 Å². The summed E-state index contributed by atoms with van der Waals surface area (Å²) in [6.45, 7) is 0. The van der Waals surface area contributed by atoms with Crippen LogP contribution in [-0.4, -0.2) is 10.5 Å². The third-order valence-electron chi connectivity index (χ3n) is 2.07. The molecule has 2 nitrogen and oxygen atoms in total. The fourth-order valence-electron chi connectivity index (χ4n) is 1.39. The maximum Gasteiger partial charge on any atom is 0.224 e. The molecule has 0 spiro atoms. The summed E-state index contributed by atoms with van der Waals surface area (Å²) in [5.41, 5.74) is 0. The van der Waals surface area contributed by atoms with E-state index in [0.29, 0.717) is 19.3 Å². The zero-order valence-corrected chi connectivity index (χ0v) is 7.36. The SMILES string of the molecule is O=C(Cl)[C@@H]1CC[C@@H](C(=O)Cl)C1. The molecule has 2 atom stereocenters. The van der Waals surface area contributed by atoms with Gasteiger partial charge >= 0.3 is 0 Å². The number of rotatable bonds is 2. The molecule has 1 aliphatic rings. The van der Waals surface area contributed by atoms with Crippen LogP contribution in [0.3, 0.4) is 0 Å². The molecule has 0 heterocycles. The minimum Gasteiger partial charge on any atom is -0.281 e. The summed E-state index contributed by atoms with van der Waals surface area (Å²) < 4.78 is 0. The highest BCUT2D eigenvalue weighted by Crippen LogP contribution is 2.33. The van der Waals surface area contributed by atoms with Crippen molar-refractivity contribution in [2.24, 2.45) is 11.8 Å². The average Bonchev–Trinajstić information content (AvgIpc) is 2.33. The Morgan fingerprint density at radius 3 is 1.55 bits per heavy atom. The van der Waals surface area contributed by atoms with E-state index in [1.54, 1.807) is 0 Å². The molecule has 0 saturated heterocycles. The second-order valence-corrected chi connectivity index (χ2v) is 3.56. The molecule has 0 aliphatic heterocycles. The summed E-state index contributed by atoms with van der Waals surface area (Å²) in [4.78, 5) is 21.3. The summed E-state index contributed by atoms with van der Waals surface area (Å²) in [6, 6.07) is 0. The second-order valence-electron chi connectivity index (χ2n) is 2.82. The topological polar surface area (TPSA) is 34.1 Å². The molecule has 1 saturated carbocycles. The summed E-state index contributed by atoms with van der Waals surface area (Å²) in [7, 11) is 0. The average molecular weight is 195 g/mol. The lowest BCUT2D eigenvalue weighted by Crippen LogP contribution is -2.07. The van der Waals surface area contributed by atoms with Gasteiger partial charge < -0.3 is 0 Å². The van der Waals surface area contributed by atoms with Crippen LogP contribution in [0, 0.1) is 11.8 Å². The van der Waals surface area contributed by atoms with Gasteiger partial charge in [0.1, 0.15) is 0 Å². The van der Waals surface area contributed by atoms with Crippen LogP contribution >= 0.6 is 23.2 Å². The molecule has 1 fully saturated rings. The molecule has 0 amide bonds. The Morgan fingerprint density at radius 1 is 1.00 bits per heavy atom. The number of halogens is 2. The number of hydrogen-bond acceptors (Lipinski definition) is 2. The van der Waals surface area contributed by atoms with Gasteiger partial charge in [-0.2, -0.15) is 0 Å². The Morgan fingerprint density at radius 2 is 1.36 bits per heavy atom. The smallest absolute Gasteiger partial charge is 0.224 e.